The molecule has 0 aromatic carbocycles. The van der Waals surface area contributed by atoms with Crippen LogP contribution in [0, 0.1) is 5.92 Å². The van der Waals surface area contributed by atoms with Crippen LogP contribution in [0.25, 0.3) is 0 Å². The van der Waals surface area contributed by atoms with Crippen molar-refractivity contribution in [2.45, 2.75) is 58.4 Å². The van der Waals surface area contributed by atoms with Gasteiger partial charge < -0.3 is 15.4 Å². The van der Waals surface area contributed by atoms with E-state index in [-0.39, 0.29) is 12.0 Å². The molecule has 0 saturated carbocycles. The van der Waals surface area contributed by atoms with Crippen LogP contribution in [0.2, 0.25) is 0 Å². The molecule has 18 heavy (non-hydrogen) atoms. The second-order valence-electron chi connectivity index (χ2n) is 6.35. The summed E-state index contributed by atoms with van der Waals surface area (Å²) in [7, 11) is 0. The molecular weight excluding hydrogens is 235 g/mol. The lowest BCUT2D eigenvalue weighted by molar-refractivity contribution is 0.0250. The maximum absolute atomic E-state index is 14.4. The zero-order chi connectivity index (χ0) is 14.1. The van der Waals surface area contributed by atoms with Crippen LogP contribution in [0.4, 0.5) is 9.18 Å². The summed E-state index contributed by atoms with van der Waals surface area (Å²) in [5.74, 6) is -0.218. The summed E-state index contributed by atoms with van der Waals surface area (Å²) in [5, 5.41) is 0. The molecule has 3 atom stereocenters. The minimum absolute atomic E-state index is 0.218. The lowest BCUT2D eigenvalue weighted by Gasteiger charge is -2.31. The van der Waals surface area contributed by atoms with Gasteiger partial charge in [0.25, 0.3) is 0 Å². The maximum Gasteiger partial charge on any atom is 0.410 e. The average Bonchev–Trinajstić information content (AvgIpc) is 2.63. The summed E-state index contributed by atoms with van der Waals surface area (Å²) in [5.41, 5.74) is 3.70. The summed E-state index contributed by atoms with van der Waals surface area (Å²) in [6, 6.07) is -0.541. The Morgan fingerprint density at radius 3 is 2.44 bits per heavy atom. The second-order valence-corrected chi connectivity index (χ2v) is 6.35. The SMILES string of the molecule is CC(N)C(C)(F)C1CCN(C(=O)OC(C)(C)C)C1. The van der Waals surface area contributed by atoms with Crippen LogP contribution in [0.3, 0.4) is 0 Å². The van der Waals surface area contributed by atoms with E-state index in [9.17, 15) is 9.18 Å². The monoisotopic (exact) mass is 260 g/mol. The highest BCUT2D eigenvalue weighted by molar-refractivity contribution is 5.68. The fourth-order valence-corrected chi connectivity index (χ4v) is 2.09. The Bertz CT molecular complexity index is 311. The standard InChI is InChI=1S/C13H25FN2O2/c1-9(15)13(5,14)10-6-7-16(8-10)11(17)18-12(2,3)4/h9-10H,6-8,15H2,1-5H3. The quantitative estimate of drug-likeness (QED) is 0.829. The van der Waals surface area contributed by atoms with E-state index in [2.05, 4.69) is 0 Å². The highest BCUT2D eigenvalue weighted by Gasteiger charge is 2.43. The minimum atomic E-state index is -1.45. The Kier molecular flexibility index (Phi) is 4.26. The van der Waals surface area contributed by atoms with E-state index in [0.717, 1.165) is 0 Å². The Labute approximate surface area is 109 Å². The van der Waals surface area contributed by atoms with Gasteiger partial charge in [-0.15, -0.1) is 0 Å². The first-order chi connectivity index (χ1) is 8.04. The van der Waals surface area contributed by atoms with Gasteiger partial charge in [0, 0.05) is 25.0 Å². The second kappa shape index (κ2) is 5.03. The Morgan fingerprint density at radius 1 is 1.44 bits per heavy atom. The van der Waals surface area contributed by atoms with Crippen LogP contribution in [0.1, 0.15) is 41.0 Å². The number of alkyl halides is 1. The van der Waals surface area contributed by atoms with E-state index in [0.29, 0.717) is 19.5 Å². The summed E-state index contributed by atoms with van der Waals surface area (Å²) >= 11 is 0. The van der Waals surface area contributed by atoms with Gasteiger partial charge in [0.05, 0.1) is 0 Å². The molecule has 5 heteroatoms. The van der Waals surface area contributed by atoms with Gasteiger partial charge in [-0.3, -0.25) is 0 Å². The lowest BCUT2D eigenvalue weighted by atomic mass is 9.85. The fourth-order valence-electron chi connectivity index (χ4n) is 2.09. The van der Waals surface area contributed by atoms with Gasteiger partial charge >= 0.3 is 6.09 Å². The highest BCUT2D eigenvalue weighted by atomic mass is 19.1. The predicted octanol–water partition coefficient (Wildman–Crippen LogP) is 2.32. The minimum Gasteiger partial charge on any atom is -0.444 e. The molecule has 4 nitrogen and oxygen atoms in total. The third-order valence-corrected chi connectivity index (χ3v) is 3.53. The number of carbonyl (C=O) groups is 1. The molecule has 1 aliphatic heterocycles. The number of carbonyl (C=O) groups excluding carboxylic acids is 1. The van der Waals surface area contributed by atoms with Crippen LogP contribution < -0.4 is 5.73 Å². The zero-order valence-corrected chi connectivity index (χ0v) is 12.0. The number of hydrogen-bond donors (Lipinski definition) is 1. The Hall–Kier alpha value is -0.840. The van der Waals surface area contributed by atoms with Crippen molar-refractivity contribution in [2.75, 3.05) is 13.1 Å². The molecule has 1 fully saturated rings. The first-order valence-corrected chi connectivity index (χ1v) is 6.46. The van der Waals surface area contributed by atoms with Crippen molar-refractivity contribution in [3.8, 4) is 0 Å². The number of likely N-dealkylation sites (tertiary alicyclic amines) is 1. The van der Waals surface area contributed by atoms with Gasteiger partial charge in [-0.1, -0.05) is 0 Å². The van der Waals surface area contributed by atoms with Gasteiger partial charge in [0.1, 0.15) is 11.3 Å². The van der Waals surface area contributed by atoms with E-state index in [4.69, 9.17) is 10.5 Å². The van der Waals surface area contributed by atoms with E-state index < -0.39 is 17.3 Å². The third-order valence-electron chi connectivity index (χ3n) is 3.53. The maximum atomic E-state index is 14.4. The molecule has 2 N–H and O–H groups in total. The average molecular weight is 260 g/mol. The number of amides is 1. The first kappa shape index (κ1) is 15.2. The van der Waals surface area contributed by atoms with Gasteiger partial charge in [0.15, 0.2) is 0 Å². The summed E-state index contributed by atoms with van der Waals surface area (Å²) in [6.45, 7) is 9.55. The Morgan fingerprint density at radius 2 is 2.00 bits per heavy atom. The van der Waals surface area contributed by atoms with Crippen molar-refractivity contribution >= 4 is 6.09 Å². The summed E-state index contributed by atoms with van der Waals surface area (Å²) in [6.07, 6.45) is 0.263. The van der Waals surface area contributed by atoms with Gasteiger partial charge in [-0.2, -0.15) is 0 Å². The smallest absolute Gasteiger partial charge is 0.410 e. The van der Waals surface area contributed by atoms with Crippen LogP contribution in [0.15, 0.2) is 0 Å². The third kappa shape index (κ3) is 3.57. The molecular formula is C13H25FN2O2. The lowest BCUT2D eigenvalue weighted by Crippen LogP contribution is -2.47. The highest BCUT2D eigenvalue weighted by Crippen LogP contribution is 2.33. The van der Waals surface area contributed by atoms with E-state index in [1.165, 1.54) is 6.92 Å². The largest absolute Gasteiger partial charge is 0.444 e. The number of hydrogen-bond acceptors (Lipinski definition) is 3. The molecule has 0 aliphatic carbocycles. The number of rotatable bonds is 2. The molecule has 0 bridgehead atoms. The topological polar surface area (TPSA) is 55.6 Å². The number of nitrogens with zero attached hydrogens (tertiary/aromatic N) is 1. The Balaban J connectivity index is 2.59. The van der Waals surface area contributed by atoms with Gasteiger partial charge in [0.2, 0.25) is 0 Å². The molecule has 0 spiro atoms. The van der Waals surface area contributed by atoms with Crippen LogP contribution in [0.5, 0.6) is 0 Å². The molecule has 1 rings (SSSR count). The molecule has 1 heterocycles. The first-order valence-electron chi connectivity index (χ1n) is 6.46. The molecule has 3 unspecified atom stereocenters. The van der Waals surface area contributed by atoms with Crippen LogP contribution in [-0.4, -0.2) is 41.4 Å². The van der Waals surface area contributed by atoms with E-state index in [1.54, 1.807) is 11.8 Å². The van der Waals surface area contributed by atoms with Crippen molar-refractivity contribution < 1.29 is 13.9 Å². The van der Waals surface area contributed by atoms with Crippen LogP contribution in [-0.2, 0) is 4.74 Å². The number of halogens is 1. The summed E-state index contributed by atoms with van der Waals surface area (Å²) in [4.78, 5) is 13.4. The van der Waals surface area contributed by atoms with Crippen molar-refractivity contribution in [3.05, 3.63) is 0 Å². The van der Waals surface area contributed by atoms with Gasteiger partial charge in [-0.05, 0) is 41.0 Å². The summed E-state index contributed by atoms with van der Waals surface area (Å²) < 4.78 is 19.7. The van der Waals surface area contributed by atoms with E-state index >= 15 is 0 Å². The fraction of sp³-hybridized carbons (Fsp3) is 0.923. The number of ether oxygens (including phenoxy) is 1. The van der Waals surface area contributed by atoms with Gasteiger partial charge in [-0.25, -0.2) is 9.18 Å². The van der Waals surface area contributed by atoms with Crippen molar-refractivity contribution in [2.24, 2.45) is 11.7 Å². The van der Waals surface area contributed by atoms with E-state index in [1.807, 2.05) is 20.8 Å². The van der Waals surface area contributed by atoms with Crippen molar-refractivity contribution in [1.82, 2.24) is 4.90 Å². The van der Waals surface area contributed by atoms with Crippen molar-refractivity contribution in [1.29, 1.82) is 0 Å². The number of nitrogens with two attached hydrogens (primary N) is 1. The zero-order valence-electron chi connectivity index (χ0n) is 12.0. The molecule has 0 aromatic rings. The normalized spacial score (nSPS) is 25.7. The molecule has 106 valence electrons. The molecule has 1 saturated heterocycles. The predicted molar refractivity (Wildman–Crippen MR) is 69.1 cm³/mol. The molecule has 0 radical (unpaired) electrons. The van der Waals surface area contributed by atoms with Crippen LogP contribution >= 0.6 is 0 Å². The van der Waals surface area contributed by atoms with Crippen molar-refractivity contribution in [3.63, 3.8) is 0 Å². The molecule has 1 aliphatic rings. The molecule has 1 amide bonds. The molecule has 0 aromatic heterocycles.